The van der Waals surface area contributed by atoms with E-state index in [-0.39, 0.29) is 5.91 Å². The fraction of sp³-hybridized carbons (Fsp3) is 0.714. The van der Waals surface area contributed by atoms with Gasteiger partial charge in [0.15, 0.2) is 0 Å². The SMILES string of the molecule is O=C(CC12CC3CC(CC(C3)C1)C2)N1CCN(C(=O)c2cccs2)CC1. The highest BCUT2D eigenvalue weighted by Crippen LogP contribution is 2.61. The van der Waals surface area contributed by atoms with Crippen molar-refractivity contribution in [2.45, 2.75) is 44.9 Å². The second kappa shape index (κ2) is 6.36. The average molecular weight is 373 g/mol. The molecule has 4 bridgehead atoms. The molecule has 5 fully saturated rings. The van der Waals surface area contributed by atoms with E-state index in [9.17, 15) is 9.59 Å². The van der Waals surface area contributed by atoms with Gasteiger partial charge in [-0.3, -0.25) is 9.59 Å². The maximum absolute atomic E-state index is 13.0. The minimum Gasteiger partial charge on any atom is -0.339 e. The van der Waals surface area contributed by atoms with Crippen LogP contribution in [-0.2, 0) is 4.79 Å². The van der Waals surface area contributed by atoms with Gasteiger partial charge in [-0.2, -0.15) is 0 Å². The molecule has 0 N–H and O–H groups in total. The average Bonchev–Trinajstić information content (AvgIpc) is 3.14. The molecule has 4 aliphatic carbocycles. The number of amides is 2. The monoisotopic (exact) mass is 372 g/mol. The fourth-order valence-electron chi connectivity index (χ4n) is 6.65. The van der Waals surface area contributed by atoms with Crippen LogP contribution in [0.5, 0.6) is 0 Å². The first kappa shape index (κ1) is 16.8. The predicted octanol–water partition coefficient (Wildman–Crippen LogP) is 3.64. The normalized spacial score (nSPS) is 35.8. The van der Waals surface area contributed by atoms with Gasteiger partial charge in [0.2, 0.25) is 5.91 Å². The minimum absolute atomic E-state index is 0.119. The third kappa shape index (κ3) is 2.98. The molecule has 6 rings (SSSR count). The highest BCUT2D eigenvalue weighted by atomic mass is 32.1. The lowest BCUT2D eigenvalue weighted by Crippen LogP contribution is -2.53. The van der Waals surface area contributed by atoms with E-state index in [0.29, 0.717) is 37.5 Å². The van der Waals surface area contributed by atoms with Crippen LogP contribution in [0.2, 0.25) is 0 Å². The number of carbonyl (C=O) groups is 2. The zero-order chi connectivity index (χ0) is 17.7. The van der Waals surface area contributed by atoms with E-state index in [1.807, 2.05) is 27.3 Å². The van der Waals surface area contributed by atoms with Gasteiger partial charge in [-0.15, -0.1) is 11.3 Å². The number of hydrogen-bond donors (Lipinski definition) is 0. The summed E-state index contributed by atoms with van der Waals surface area (Å²) in [7, 11) is 0. The molecular formula is C21H28N2O2S. The second-order valence-corrected chi connectivity index (χ2v) is 10.2. The van der Waals surface area contributed by atoms with Gasteiger partial charge < -0.3 is 9.80 Å². The number of hydrogen-bond acceptors (Lipinski definition) is 3. The minimum atomic E-state index is 0.119. The van der Waals surface area contributed by atoms with E-state index in [1.165, 1.54) is 49.9 Å². The largest absolute Gasteiger partial charge is 0.339 e. The van der Waals surface area contributed by atoms with Gasteiger partial charge >= 0.3 is 0 Å². The quantitative estimate of drug-likeness (QED) is 0.813. The van der Waals surface area contributed by atoms with E-state index >= 15 is 0 Å². The third-order valence-corrected chi connectivity index (χ3v) is 8.20. The molecule has 0 aromatic carbocycles. The Hall–Kier alpha value is -1.36. The molecule has 0 unspecified atom stereocenters. The molecule has 5 heteroatoms. The van der Waals surface area contributed by atoms with Crippen LogP contribution in [0.4, 0.5) is 0 Å². The molecule has 4 saturated carbocycles. The maximum atomic E-state index is 13.0. The Labute approximate surface area is 159 Å². The van der Waals surface area contributed by atoms with E-state index in [4.69, 9.17) is 0 Å². The number of rotatable bonds is 3. The lowest BCUT2D eigenvalue weighted by Gasteiger charge is -2.57. The van der Waals surface area contributed by atoms with Gasteiger partial charge in [0.25, 0.3) is 5.91 Å². The molecule has 1 aromatic rings. The summed E-state index contributed by atoms with van der Waals surface area (Å²) in [5.41, 5.74) is 0.315. The zero-order valence-electron chi connectivity index (χ0n) is 15.4. The van der Waals surface area contributed by atoms with Crippen molar-refractivity contribution in [1.29, 1.82) is 0 Å². The smallest absolute Gasteiger partial charge is 0.264 e. The highest BCUT2D eigenvalue weighted by Gasteiger charge is 2.51. The van der Waals surface area contributed by atoms with Crippen molar-refractivity contribution in [1.82, 2.24) is 9.80 Å². The van der Waals surface area contributed by atoms with Gasteiger partial charge in [0, 0.05) is 32.6 Å². The van der Waals surface area contributed by atoms with E-state index in [0.717, 1.165) is 29.1 Å². The van der Waals surface area contributed by atoms with Crippen molar-refractivity contribution >= 4 is 23.2 Å². The van der Waals surface area contributed by atoms with Crippen molar-refractivity contribution in [3.8, 4) is 0 Å². The predicted molar refractivity (Wildman–Crippen MR) is 102 cm³/mol. The summed E-state index contributed by atoms with van der Waals surface area (Å²) in [6.45, 7) is 2.73. The third-order valence-electron chi connectivity index (χ3n) is 7.34. The maximum Gasteiger partial charge on any atom is 0.264 e. The van der Waals surface area contributed by atoms with Gasteiger partial charge in [0.1, 0.15) is 0 Å². The van der Waals surface area contributed by atoms with E-state index in [1.54, 1.807) is 0 Å². The molecule has 2 heterocycles. The van der Waals surface area contributed by atoms with Crippen molar-refractivity contribution in [2.24, 2.45) is 23.2 Å². The topological polar surface area (TPSA) is 40.6 Å². The van der Waals surface area contributed by atoms with Crippen LogP contribution >= 0.6 is 11.3 Å². The van der Waals surface area contributed by atoms with Crippen molar-refractivity contribution in [3.05, 3.63) is 22.4 Å². The van der Waals surface area contributed by atoms with Gasteiger partial charge in [-0.05, 0) is 73.1 Å². The van der Waals surface area contributed by atoms with Crippen LogP contribution in [0.3, 0.4) is 0 Å². The van der Waals surface area contributed by atoms with Crippen molar-refractivity contribution < 1.29 is 9.59 Å². The Bertz CT molecular complexity index is 656. The summed E-state index contributed by atoms with van der Waals surface area (Å²) in [6, 6.07) is 3.81. The molecule has 140 valence electrons. The van der Waals surface area contributed by atoms with E-state index in [2.05, 4.69) is 0 Å². The Balaban J connectivity index is 1.18. The Morgan fingerprint density at radius 2 is 1.54 bits per heavy atom. The molecule has 1 saturated heterocycles. The summed E-state index contributed by atoms with van der Waals surface area (Å²) in [4.78, 5) is 30.2. The summed E-state index contributed by atoms with van der Waals surface area (Å²) < 4.78 is 0. The second-order valence-electron chi connectivity index (χ2n) is 9.24. The zero-order valence-corrected chi connectivity index (χ0v) is 16.2. The first-order valence-corrected chi connectivity index (χ1v) is 11.1. The molecule has 4 nitrogen and oxygen atoms in total. The number of thiophene rings is 1. The standard InChI is InChI=1S/C21H28N2O2S/c24-19(14-21-11-15-8-16(12-21)10-17(9-15)13-21)22-3-5-23(6-4-22)20(25)18-2-1-7-26-18/h1-2,7,15-17H,3-6,8-14H2. The first-order valence-electron chi connectivity index (χ1n) is 10.2. The van der Waals surface area contributed by atoms with Crippen LogP contribution in [0.1, 0.15) is 54.6 Å². The van der Waals surface area contributed by atoms with Crippen LogP contribution in [0, 0.1) is 23.2 Å². The Kier molecular flexibility index (Phi) is 4.11. The molecule has 1 aliphatic heterocycles. The Morgan fingerprint density at radius 3 is 2.08 bits per heavy atom. The van der Waals surface area contributed by atoms with Gasteiger partial charge in [0.05, 0.1) is 4.88 Å². The molecule has 26 heavy (non-hydrogen) atoms. The van der Waals surface area contributed by atoms with E-state index < -0.39 is 0 Å². The lowest BCUT2D eigenvalue weighted by molar-refractivity contribution is -0.141. The summed E-state index contributed by atoms with van der Waals surface area (Å²) in [6.07, 6.45) is 8.92. The number of piperazine rings is 1. The first-order chi connectivity index (χ1) is 12.6. The lowest BCUT2D eigenvalue weighted by atomic mass is 9.49. The summed E-state index contributed by atoms with van der Waals surface area (Å²) in [5.74, 6) is 3.15. The molecule has 0 spiro atoms. The molecule has 0 radical (unpaired) electrons. The molecule has 5 aliphatic rings. The van der Waals surface area contributed by atoms with Gasteiger partial charge in [-0.1, -0.05) is 6.07 Å². The van der Waals surface area contributed by atoms with Crippen LogP contribution < -0.4 is 0 Å². The summed E-state index contributed by atoms with van der Waals surface area (Å²) in [5, 5.41) is 1.94. The number of carbonyl (C=O) groups excluding carboxylic acids is 2. The van der Waals surface area contributed by atoms with Crippen molar-refractivity contribution in [3.63, 3.8) is 0 Å². The highest BCUT2D eigenvalue weighted by molar-refractivity contribution is 7.12. The molecular weight excluding hydrogens is 344 g/mol. The van der Waals surface area contributed by atoms with Crippen molar-refractivity contribution in [2.75, 3.05) is 26.2 Å². The number of nitrogens with zero attached hydrogens (tertiary/aromatic N) is 2. The Morgan fingerprint density at radius 1 is 0.962 bits per heavy atom. The van der Waals surface area contributed by atoms with Crippen LogP contribution in [-0.4, -0.2) is 47.8 Å². The summed E-state index contributed by atoms with van der Waals surface area (Å²) >= 11 is 1.50. The van der Waals surface area contributed by atoms with Crippen LogP contribution in [0.25, 0.3) is 0 Å². The van der Waals surface area contributed by atoms with Gasteiger partial charge in [-0.25, -0.2) is 0 Å². The molecule has 0 atom stereocenters. The molecule has 2 amide bonds. The van der Waals surface area contributed by atoms with Crippen LogP contribution in [0.15, 0.2) is 17.5 Å². The fourth-order valence-corrected chi connectivity index (χ4v) is 7.34. The molecule has 1 aromatic heterocycles.